The molecule has 1 N–H and O–H groups in total. The Bertz CT molecular complexity index is 488. The van der Waals surface area contributed by atoms with Crippen LogP contribution in [0.4, 0.5) is 0 Å². The van der Waals surface area contributed by atoms with E-state index in [-0.39, 0.29) is 0 Å². The first-order chi connectivity index (χ1) is 8.70. The first kappa shape index (κ1) is 12.8. The van der Waals surface area contributed by atoms with Gasteiger partial charge in [-0.15, -0.1) is 0 Å². The summed E-state index contributed by atoms with van der Waals surface area (Å²) in [6.07, 6.45) is 0.988. The molecule has 0 aliphatic heterocycles. The molecule has 0 unspecified atom stereocenters. The molecule has 1 heterocycles. The van der Waals surface area contributed by atoms with E-state index in [1.807, 2.05) is 17.8 Å². The summed E-state index contributed by atoms with van der Waals surface area (Å²) in [6.45, 7) is 5.16. The van der Waals surface area contributed by atoms with Crippen LogP contribution in [0.1, 0.15) is 36.8 Å². The molecular formula is C15H21N3. The fourth-order valence-corrected chi connectivity index (χ4v) is 2.03. The number of rotatable bonds is 5. The third-order valence-electron chi connectivity index (χ3n) is 3.28. The highest BCUT2D eigenvalue weighted by Gasteiger charge is 2.07. The number of aromatic nitrogens is 2. The van der Waals surface area contributed by atoms with Gasteiger partial charge in [0.1, 0.15) is 0 Å². The lowest BCUT2D eigenvalue weighted by Crippen LogP contribution is -2.19. The monoisotopic (exact) mass is 243 g/mol. The topological polar surface area (TPSA) is 29.9 Å². The number of aryl methyl sites for hydroxylation is 2. The predicted molar refractivity (Wildman–Crippen MR) is 74.3 cm³/mol. The van der Waals surface area contributed by atoms with Gasteiger partial charge in [0.2, 0.25) is 0 Å². The molecule has 2 rings (SSSR count). The number of nitrogens with zero attached hydrogens (tertiary/aromatic N) is 2. The number of benzene rings is 1. The van der Waals surface area contributed by atoms with Crippen LogP contribution < -0.4 is 5.32 Å². The molecule has 3 nitrogen and oxygen atoms in total. The second-order valence-electron chi connectivity index (χ2n) is 4.62. The van der Waals surface area contributed by atoms with Crippen LogP contribution >= 0.6 is 0 Å². The van der Waals surface area contributed by atoms with E-state index in [0.717, 1.165) is 18.7 Å². The quantitative estimate of drug-likeness (QED) is 0.875. The van der Waals surface area contributed by atoms with Crippen LogP contribution in [0.3, 0.4) is 0 Å². The molecule has 0 saturated heterocycles. The fraction of sp³-hybridized carbons (Fsp3) is 0.400. The average Bonchev–Trinajstić information content (AvgIpc) is 2.77. The highest BCUT2D eigenvalue weighted by atomic mass is 15.3. The molecule has 1 atom stereocenters. The summed E-state index contributed by atoms with van der Waals surface area (Å²) < 4.78 is 1.96. The van der Waals surface area contributed by atoms with Crippen molar-refractivity contribution in [2.24, 2.45) is 7.05 Å². The standard InChI is InChI=1S/C15H21N3/c1-4-14-10-15(18(3)17-14)11-16-12(2)13-8-6-5-7-9-13/h5-10,12,16H,4,11H2,1-3H3/t12-/m1/s1. The third kappa shape index (κ3) is 2.99. The lowest BCUT2D eigenvalue weighted by atomic mass is 10.1. The van der Waals surface area contributed by atoms with Crippen LogP contribution in [-0.4, -0.2) is 9.78 Å². The van der Waals surface area contributed by atoms with Gasteiger partial charge >= 0.3 is 0 Å². The first-order valence-corrected chi connectivity index (χ1v) is 6.50. The van der Waals surface area contributed by atoms with Crippen molar-refractivity contribution in [1.29, 1.82) is 0 Å². The SMILES string of the molecule is CCc1cc(CN[C@H](C)c2ccccc2)n(C)n1. The zero-order valence-electron chi connectivity index (χ0n) is 11.4. The van der Waals surface area contributed by atoms with E-state index in [2.05, 4.69) is 54.6 Å². The summed E-state index contributed by atoms with van der Waals surface area (Å²) in [5, 5.41) is 7.99. The molecule has 0 aliphatic rings. The molecule has 0 saturated carbocycles. The summed E-state index contributed by atoms with van der Waals surface area (Å²) in [7, 11) is 2.00. The van der Waals surface area contributed by atoms with E-state index in [9.17, 15) is 0 Å². The number of nitrogens with one attached hydrogen (secondary N) is 1. The molecule has 96 valence electrons. The van der Waals surface area contributed by atoms with Crippen molar-refractivity contribution in [2.75, 3.05) is 0 Å². The Balaban J connectivity index is 1.97. The van der Waals surface area contributed by atoms with Gasteiger partial charge in [-0.2, -0.15) is 5.10 Å². The van der Waals surface area contributed by atoms with Crippen LogP contribution in [0.25, 0.3) is 0 Å². The zero-order chi connectivity index (χ0) is 13.0. The molecule has 18 heavy (non-hydrogen) atoms. The maximum Gasteiger partial charge on any atom is 0.0625 e. The van der Waals surface area contributed by atoms with E-state index in [1.54, 1.807) is 0 Å². The second-order valence-corrected chi connectivity index (χ2v) is 4.62. The number of hydrogen-bond donors (Lipinski definition) is 1. The second kappa shape index (κ2) is 5.83. The van der Waals surface area contributed by atoms with Crippen molar-refractivity contribution >= 4 is 0 Å². The summed E-state index contributed by atoms with van der Waals surface area (Å²) in [6, 6.07) is 13.0. The zero-order valence-corrected chi connectivity index (χ0v) is 11.4. The van der Waals surface area contributed by atoms with Gasteiger partial charge in [-0.1, -0.05) is 37.3 Å². The normalized spacial score (nSPS) is 12.6. The molecule has 0 aliphatic carbocycles. The van der Waals surface area contributed by atoms with Crippen LogP contribution in [0, 0.1) is 0 Å². The van der Waals surface area contributed by atoms with E-state index < -0.39 is 0 Å². The molecule has 1 aromatic heterocycles. The molecule has 1 aromatic carbocycles. The summed E-state index contributed by atoms with van der Waals surface area (Å²) >= 11 is 0. The third-order valence-corrected chi connectivity index (χ3v) is 3.28. The Labute approximate surface area is 109 Å². The van der Waals surface area contributed by atoms with E-state index in [1.165, 1.54) is 11.3 Å². The van der Waals surface area contributed by atoms with E-state index >= 15 is 0 Å². The Morgan fingerprint density at radius 1 is 1.28 bits per heavy atom. The van der Waals surface area contributed by atoms with E-state index in [0.29, 0.717) is 6.04 Å². The van der Waals surface area contributed by atoms with E-state index in [4.69, 9.17) is 0 Å². The highest BCUT2D eigenvalue weighted by molar-refractivity contribution is 5.18. The molecule has 0 radical (unpaired) electrons. The van der Waals surface area contributed by atoms with Gasteiger partial charge in [-0.05, 0) is 25.0 Å². The van der Waals surface area contributed by atoms with Crippen molar-refractivity contribution in [1.82, 2.24) is 15.1 Å². The maximum atomic E-state index is 4.46. The van der Waals surface area contributed by atoms with Crippen molar-refractivity contribution < 1.29 is 0 Å². The van der Waals surface area contributed by atoms with Gasteiger partial charge in [0.25, 0.3) is 0 Å². The Kier molecular flexibility index (Phi) is 4.15. The van der Waals surface area contributed by atoms with Crippen LogP contribution in [0.5, 0.6) is 0 Å². The minimum Gasteiger partial charge on any atom is -0.305 e. The Morgan fingerprint density at radius 3 is 2.61 bits per heavy atom. The smallest absolute Gasteiger partial charge is 0.0625 e. The Morgan fingerprint density at radius 2 is 2.00 bits per heavy atom. The van der Waals surface area contributed by atoms with Gasteiger partial charge in [0.05, 0.1) is 11.4 Å². The number of hydrogen-bond acceptors (Lipinski definition) is 2. The molecule has 2 aromatic rings. The van der Waals surface area contributed by atoms with Gasteiger partial charge in [-0.3, -0.25) is 4.68 Å². The maximum absolute atomic E-state index is 4.46. The molecule has 0 bridgehead atoms. The van der Waals surface area contributed by atoms with Crippen molar-refractivity contribution in [2.45, 2.75) is 32.9 Å². The van der Waals surface area contributed by atoms with Crippen LogP contribution in [-0.2, 0) is 20.0 Å². The van der Waals surface area contributed by atoms with Crippen LogP contribution in [0.15, 0.2) is 36.4 Å². The highest BCUT2D eigenvalue weighted by Crippen LogP contribution is 2.12. The summed E-state index contributed by atoms with van der Waals surface area (Å²) in [4.78, 5) is 0. The van der Waals surface area contributed by atoms with Crippen LogP contribution in [0.2, 0.25) is 0 Å². The fourth-order valence-electron chi connectivity index (χ4n) is 2.03. The lowest BCUT2D eigenvalue weighted by Gasteiger charge is -2.14. The minimum atomic E-state index is 0.353. The summed E-state index contributed by atoms with van der Waals surface area (Å²) in [5.74, 6) is 0. The lowest BCUT2D eigenvalue weighted by molar-refractivity contribution is 0.548. The van der Waals surface area contributed by atoms with Crippen molar-refractivity contribution in [3.05, 3.63) is 53.3 Å². The Hall–Kier alpha value is -1.61. The predicted octanol–water partition coefficient (Wildman–Crippen LogP) is 2.83. The molecular weight excluding hydrogens is 222 g/mol. The van der Waals surface area contributed by atoms with Crippen molar-refractivity contribution in [3.63, 3.8) is 0 Å². The summed E-state index contributed by atoms with van der Waals surface area (Å²) in [5.41, 5.74) is 3.70. The molecule has 0 spiro atoms. The van der Waals surface area contributed by atoms with Gasteiger partial charge in [-0.25, -0.2) is 0 Å². The van der Waals surface area contributed by atoms with Gasteiger partial charge in [0.15, 0.2) is 0 Å². The largest absolute Gasteiger partial charge is 0.305 e. The molecule has 0 fully saturated rings. The molecule has 0 amide bonds. The minimum absolute atomic E-state index is 0.353. The van der Waals surface area contributed by atoms with Gasteiger partial charge in [0, 0.05) is 19.6 Å². The molecule has 3 heteroatoms. The average molecular weight is 243 g/mol. The first-order valence-electron chi connectivity index (χ1n) is 6.50. The van der Waals surface area contributed by atoms with Crippen molar-refractivity contribution in [3.8, 4) is 0 Å². The van der Waals surface area contributed by atoms with Gasteiger partial charge < -0.3 is 5.32 Å².